The van der Waals surface area contributed by atoms with Crippen molar-refractivity contribution in [1.29, 1.82) is 0 Å². The molecule has 0 amide bonds. The maximum atomic E-state index is 13.0. The second-order valence-corrected chi connectivity index (χ2v) is 4.71. The molecule has 1 aromatic heterocycles. The number of ether oxygens (including phenoxy) is 1. The van der Waals surface area contributed by atoms with E-state index in [2.05, 4.69) is 15.9 Å². The summed E-state index contributed by atoms with van der Waals surface area (Å²) in [4.78, 5) is 10.5. The zero-order valence-corrected chi connectivity index (χ0v) is 11.7. The predicted molar refractivity (Wildman–Crippen MR) is 68.8 cm³/mol. The van der Waals surface area contributed by atoms with Crippen LogP contribution in [0.4, 0.5) is 13.2 Å². The van der Waals surface area contributed by atoms with E-state index in [4.69, 9.17) is 9.15 Å². The van der Waals surface area contributed by atoms with Gasteiger partial charge in [-0.15, -0.1) is 0 Å². The molecule has 1 heterocycles. The first-order chi connectivity index (χ1) is 9.36. The Morgan fingerprint density at radius 1 is 1.30 bits per heavy atom. The van der Waals surface area contributed by atoms with E-state index >= 15 is 0 Å². The van der Waals surface area contributed by atoms with Crippen molar-refractivity contribution < 1.29 is 27.1 Å². The summed E-state index contributed by atoms with van der Waals surface area (Å²) in [5.74, 6) is -0.0927. The molecule has 2 rings (SSSR count). The molecule has 20 heavy (non-hydrogen) atoms. The number of furan rings is 1. The van der Waals surface area contributed by atoms with Gasteiger partial charge in [-0.05, 0) is 40.2 Å². The normalized spacial score (nSPS) is 11.4. The van der Waals surface area contributed by atoms with E-state index in [0.717, 1.165) is 13.2 Å². The maximum Gasteiger partial charge on any atom is 0.420 e. The molecule has 0 saturated carbocycles. The summed E-state index contributed by atoms with van der Waals surface area (Å²) in [6.45, 7) is 0. The van der Waals surface area contributed by atoms with Crippen molar-refractivity contribution in [3.8, 4) is 17.1 Å². The molecule has 0 N–H and O–H groups in total. The van der Waals surface area contributed by atoms with Gasteiger partial charge in [0.2, 0.25) is 0 Å². The van der Waals surface area contributed by atoms with Gasteiger partial charge in [-0.2, -0.15) is 13.2 Å². The van der Waals surface area contributed by atoms with Gasteiger partial charge in [0, 0.05) is 5.56 Å². The number of alkyl halides is 3. The summed E-state index contributed by atoms with van der Waals surface area (Å²) < 4.78 is 49.0. The lowest BCUT2D eigenvalue weighted by atomic mass is 10.1. The lowest BCUT2D eigenvalue weighted by Crippen LogP contribution is -2.08. The van der Waals surface area contributed by atoms with Crippen molar-refractivity contribution in [3.05, 3.63) is 40.1 Å². The van der Waals surface area contributed by atoms with Gasteiger partial charge in [-0.25, -0.2) is 0 Å². The lowest BCUT2D eigenvalue weighted by molar-refractivity contribution is -0.138. The summed E-state index contributed by atoms with van der Waals surface area (Å²) in [6, 6.07) is 5.16. The molecule has 3 nitrogen and oxygen atoms in total. The van der Waals surface area contributed by atoms with Crippen LogP contribution in [0.2, 0.25) is 0 Å². The van der Waals surface area contributed by atoms with E-state index in [1.807, 2.05) is 0 Å². The average Bonchev–Trinajstić information content (AvgIpc) is 2.85. The molecule has 0 fully saturated rings. The first-order valence-corrected chi connectivity index (χ1v) is 6.16. The molecule has 106 valence electrons. The molecule has 0 bridgehead atoms. The van der Waals surface area contributed by atoms with E-state index in [-0.39, 0.29) is 27.3 Å². The molecule has 0 atom stereocenters. The summed E-state index contributed by atoms with van der Waals surface area (Å²) in [5, 5.41) is 0. The SMILES string of the molecule is COc1c(Br)cc(-c2ccc(C=O)o2)cc1C(F)(F)F. The molecule has 0 radical (unpaired) electrons. The van der Waals surface area contributed by atoms with Crippen molar-refractivity contribution in [2.75, 3.05) is 7.11 Å². The maximum absolute atomic E-state index is 13.0. The van der Waals surface area contributed by atoms with Crippen LogP contribution < -0.4 is 4.74 Å². The van der Waals surface area contributed by atoms with E-state index in [1.165, 1.54) is 18.2 Å². The summed E-state index contributed by atoms with van der Waals surface area (Å²) >= 11 is 3.04. The van der Waals surface area contributed by atoms with Crippen LogP contribution in [-0.2, 0) is 6.18 Å². The number of aldehydes is 1. The molecule has 0 aliphatic heterocycles. The van der Waals surface area contributed by atoms with E-state index in [0.29, 0.717) is 6.29 Å². The monoisotopic (exact) mass is 348 g/mol. The van der Waals surface area contributed by atoms with Crippen LogP contribution in [0.25, 0.3) is 11.3 Å². The van der Waals surface area contributed by atoms with Crippen LogP contribution in [0.1, 0.15) is 16.1 Å². The standard InChI is InChI=1S/C13H8BrF3O3/c1-19-12-9(13(15,16)17)4-7(5-10(12)14)11-3-2-8(6-18)20-11/h2-6H,1H3. The van der Waals surface area contributed by atoms with Crippen molar-refractivity contribution in [1.82, 2.24) is 0 Å². The third kappa shape index (κ3) is 2.72. The molecular formula is C13H8BrF3O3. The second kappa shape index (κ2) is 5.32. The summed E-state index contributed by atoms with van der Waals surface area (Å²) in [6.07, 6.45) is -4.09. The fourth-order valence-corrected chi connectivity index (χ4v) is 2.35. The Balaban J connectivity index is 2.61. The quantitative estimate of drug-likeness (QED) is 0.764. The number of hydrogen-bond donors (Lipinski definition) is 0. The zero-order chi connectivity index (χ0) is 14.9. The highest BCUT2D eigenvalue weighted by atomic mass is 79.9. The highest BCUT2D eigenvalue weighted by Gasteiger charge is 2.36. The number of carbonyl (C=O) groups is 1. The van der Waals surface area contributed by atoms with Gasteiger partial charge in [0.1, 0.15) is 11.5 Å². The van der Waals surface area contributed by atoms with E-state index in [1.54, 1.807) is 0 Å². The first kappa shape index (κ1) is 14.6. The number of halogens is 4. The van der Waals surface area contributed by atoms with Gasteiger partial charge in [-0.3, -0.25) is 4.79 Å². The number of rotatable bonds is 3. The number of methoxy groups -OCH3 is 1. The first-order valence-electron chi connectivity index (χ1n) is 5.37. The third-order valence-electron chi connectivity index (χ3n) is 2.58. The van der Waals surface area contributed by atoms with Gasteiger partial charge in [-0.1, -0.05) is 0 Å². The lowest BCUT2D eigenvalue weighted by Gasteiger charge is -2.14. The molecule has 0 aliphatic rings. The van der Waals surface area contributed by atoms with Crippen LogP contribution in [-0.4, -0.2) is 13.4 Å². The molecule has 0 unspecified atom stereocenters. The van der Waals surface area contributed by atoms with Crippen LogP contribution in [0, 0.1) is 0 Å². The summed E-state index contributed by atoms with van der Waals surface area (Å²) in [5.41, 5.74) is -0.730. The molecule has 2 aromatic rings. The van der Waals surface area contributed by atoms with Crippen molar-refractivity contribution in [3.63, 3.8) is 0 Å². The number of hydrogen-bond acceptors (Lipinski definition) is 3. The van der Waals surface area contributed by atoms with Crippen LogP contribution >= 0.6 is 15.9 Å². The van der Waals surface area contributed by atoms with Crippen molar-refractivity contribution in [2.45, 2.75) is 6.18 Å². The number of benzene rings is 1. The van der Waals surface area contributed by atoms with Gasteiger partial charge in [0.05, 0.1) is 17.1 Å². The Morgan fingerprint density at radius 2 is 2.00 bits per heavy atom. The Kier molecular flexibility index (Phi) is 3.89. The highest BCUT2D eigenvalue weighted by molar-refractivity contribution is 9.10. The summed E-state index contributed by atoms with van der Waals surface area (Å²) in [7, 11) is 1.16. The molecular weight excluding hydrogens is 341 g/mol. The second-order valence-electron chi connectivity index (χ2n) is 3.86. The zero-order valence-electron chi connectivity index (χ0n) is 10.1. The average molecular weight is 349 g/mol. The fraction of sp³-hybridized carbons (Fsp3) is 0.154. The molecule has 0 aliphatic carbocycles. The third-order valence-corrected chi connectivity index (χ3v) is 3.17. The van der Waals surface area contributed by atoms with Gasteiger partial charge in [0.25, 0.3) is 0 Å². The van der Waals surface area contributed by atoms with E-state index in [9.17, 15) is 18.0 Å². The molecule has 7 heteroatoms. The van der Waals surface area contributed by atoms with Crippen molar-refractivity contribution >= 4 is 22.2 Å². The minimum atomic E-state index is -4.57. The number of carbonyl (C=O) groups excluding carboxylic acids is 1. The fourth-order valence-electron chi connectivity index (χ4n) is 1.73. The molecule has 0 spiro atoms. The molecule has 0 saturated heterocycles. The Labute approximate surface area is 120 Å². The predicted octanol–water partition coefficient (Wildman–Crippen LogP) is 4.55. The topological polar surface area (TPSA) is 39.4 Å². The molecule has 1 aromatic carbocycles. The van der Waals surface area contributed by atoms with Crippen LogP contribution in [0.3, 0.4) is 0 Å². The van der Waals surface area contributed by atoms with E-state index < -0.39 is 11.7 Å². The minimum Gasteiger partial charge on any atom is -0.495 e. The minimum absolute atomic E-state index is 0.0421. The Hall–Kier alpha value is -1.76. The Morgan fingerprint density at radius 3 is 2.50 bits per heavy atom. The van der Waals surface area contributed by atoms with Crippen LogP contribution in [0.5, 0.6) is 5.75 Å². The van der Waals surface area contributed by atoms with Gasteiger partial charge >= 0.3 is 6.18 Å². The van der Waals surface area contributed by atoms with Crippen molar-refractivity contribution in [2.24, 2.45) is 0 Å². The highest BCUT2D eigenvalue weighted by Crippen LogP contribution is 2.43. The van der Waals surface area contributed by atoms with Crippen LogP contribution in [0.15, 0.2) is 33.2 Å². The smallest absolute Gasteiger partial charge is 0.420 e. The van der Waals surface area contributed by atoms with Gasteiger partial charge < -0.3 is 9.15 Å². The van der Waals surface area contributed by atoms with Gasteiger partial charge in [0.15, 0.2) is 12.0 Å². The largest absolute Gasteiger partial charge is 0.495 e. The Bertz CT molecular complexity index is 647.